The van der Waals surface area contributed by atoms with Crippen molar-refractivity contribution in [1.82, 2.24) is 9.47 Å². The Hall–Kier alpha value is -2.12. The van der Waals surface area contributed by atoms with Crippen LogP contribution in [-0.4, -0.2) is 42.6 Å². The molecule has 0 saturated heterocycles. The molecule has 124 valence electrons. The van der Waals surface area contributed by atoms with Crippen LogP contribution in [0.25, 0.3) is 0 Å². The Kier molecular flexibility index (Phi) is 5.95. The fraction of sp³-hybridized carbons (Fsp3) is 0.375. The molecular formula is C16H21N3O3S. The molecule has 0 saturated carbocycles. The van der Waals surface area contributed by atoms with Gasteiger partial charge in [0.2, 0.25) is 5.91 Å². The average Bonchev–Trinajstić information content (AvgIpc) is 2.84. The van der Waals surface area contributed by atoms with Gasteiger partial charge in [-0.1, -0.05) is 17.4 Å². The second-order valence-electron chi connectivity index (χ2n) is 5.31. The van der Waals surface area contributed by atoms with Gasteiger partial charge in [0, 0.05) is 35.9 Å². The minimum absolute atomic E-state index is 0.0386. The number of benzene rings is 1. The van der Waals surface area contributed by atoms with Crippen LogP contribution in [0.5, 0.6) is 5.75 Å². The van der Waals surface area contributed by atoms with Crippen molar-refractivity contribution < 1.29 is 9.53 Å². The van der Waals surface area contributed by atoms with Crippen LogP contribution in [0.3, 0.4) is 0 Å². The summed E-state index contributed by atoms with van der Waals surface area (Å²) < 4.78 is 6.85. The molecule has 0 unspecified atom stereocenters. The topological polar surface area (TPSA) is 63.6 Å². The van der Waals surface area contributed by atoms with Gasteiger partial charge in [-0.05, 0) is 26.1 Å². The number of carbonyl (C=O) groups is 1. The molecule has 7 heteroatoms. The van der Waals surface area contributed by atoms with Crippen LogP contribution in [0, 0.1) is 6.92 Å². The van der Waals surface area contributed by atoms with Gasteiger partial charge in [0.05, 0.1) is 13.7 Å². The van der Waals surface area contributed by atoms with Crippen LogP contribution in [0.15, 0.2) is 34.4 Å². The summed E-state index contributed by atoms with van der Waals surface area (Å²) >= 11 is 1.20. The highest BCUT2D eigenvalue weighted by Crippen LogP contribution is 2.16. The van der Waals surface area contributed by atoms with Gasteiger partial charge in [0.25, 0.3) is 0 Å². The molecule has 0 aliphatic heterocycles. The first-order chi connectivity index (χ1) is 11.0. The van der Waals surface area contributed by atoms with Crippen LogP contribution < -0.4 is 14.9 Å². The molecule has 1 aromatic heterocycles. The molecule has 0 fully saturated rings. The van der Waals surface area contributed by atoms with E-state index in [1.165, 1.54) is 11.3 Å². The van der Waals surface area contributed by atoms with E-state index in [0.717, 1.165) is 5.69 Å². The zero-order chi connectivity index (χ0) is 16.8. The lowest BCUT2D eigenvalue weighted by Gasteiger charge is -2.17. The third kappa shape index (κ3) is 4.94. The monoisotopic (exact) mass is 335 g/mol. The number of thiazole rings is 1. The number of rotatable bonds is 7. The number of amides is 1. The lowest BCUT2D eigenvalue weighted by atomic mass is 10.3. The summed E-state index contributed by atoms with van der Waals surface area (Å²) in [6.45, 7) is 3.38. The summed E-state index contributed by atoms with van der Waals surface area (Å²) in [5.74, 6) is 0.596. The van der Waals surface area contributed by atoms with E-state index in [1.54, 1.807) is 17.7 Å². The summed E-state index contributed by atoms with van der Waals surface area (Å²) in [4.78, 5) is 25.6. The second-order valence-corrected chi connectivity index (χ2v) is 6.13. The summed E-state index contributed by atoms with van der Waals surface area (Å²) in [7, 11) is 3.45. The van der Waals surface area contributed by atoms with Crippen LogP contribution in [0.2, 0.25) is 0 Å². The molecule has 0 bridgehead atoms. The fourth-order valence-electron chi connectivity index (χ4n) is 2.17. The largest absolute Gasteiger partial charge is 0.497 e. The minimum atomic E-state index is -0.102. The quantitative estimate of drug-likeness (QED) is 0.838. The predicted molar refractivity (Wildman–Crippen MR) is 92.4 cm³/mol. The number of hydrogen-bond donors (Lipinski definition) is 1. The maximum Gasteiger partial charge on any atom is 0.307 e. The molecule has 0 atom stereocenters. The van der Waals surface area contributed by atoms with Crippen molar-refractivity contribution in [2.75, 3.05) is 32.6 Å². The molecule has 1 heterocycles. The molecule has 1 N–H and O–H groups in total. The van der Waals surface area contributed by atoms with Gasteiger partial charge >= 0.3 is 4.87 Å². The smallest absolute Gasteiger partial charge is 0.307 e. The number of methoxy groups -OCH3 is 1. The Morgan fingerprint density at radius 1 is 1.43 bits per heavy atom. The van der Waals surface area contributed by atoms with Crippen molar-refractivity contribution in [3.8, 4) is 5.75 Å². The maximum atomic E-state index is 12.1. The van der Waals surface area contributed by atoms with E-state index in [-0.39, 0.29) is 17.3 Å². The minimum Gasteiger partial charge on any atom is -0.497 e. The number of aromatic nitrogens is 1. The molecule has 6 nitrogen and oxygen atoms in total. The molecule has 2 aromatic rings. The van der Waals surface area contributed by atoms with Crippen molar-refractivity contribution in [2.45, 2.75) is 13.5 Å². The maximum absolute atomic E-state index is 12.1. The predicted octanol–water partition coefficient (Wildman–Crippen LogP) is 1.80. The van der Waals surface area contributed by atoms with Gasteiger partial charge < -0.3 is 14.6 Å². The SMILES string of the molecule is COc1cccc(NC(=O)CN(C)CCn2c(C)csc2=O)c1. The number of carbonyl (C=O) groups excluding carboxylic acids is 1. The first-order valence-corrected chi connectivity index (χ1v) is 8.15. The van der Waals surface area contributed by atoms with E-state index in [9.17, 15) is 9.59 Å². The molecule has 1 aromatic carbocycles. The van der Waals surface area contributed by atoms with Crippen molar-refractivity contribution in [1.29, 1.82) is 0 Å². The Labute approximate surface area is 139 Å². The van der Waals surface area contributed by atoms with Gasteiger partial charge in [-0.3, -0.25) is 14.5 Å². The van der Waals surface area contributed by atoms with Crippen LogP contribution >= 0.6 is 11.3 Å². The normalized spacial score (nSPS) is 10.8. The third-order valence-corrected chi connectivity index (χ3v) is 4.33. The lowest BCUT2D eigenvalue weighted by molar-refractivity contribution is -0.117. The molecular weight excluding hydrogens is 314 g/mol. The number of ether oxygens (including phenoxy) is 1. The number of aryl methyl sites for hydroxylation is 1. The van der Waals surface area contributed by atoms with Gasteiger partial charge in [0.15, 0.2) is 0 Å². The molecule has 23 heavy (non-hydrogen) atoms. The van der Waals surface area contributed by atoms with Gasteiger partial charge in [0.1, 0.15) is 5.75 Å². The summed E-state index contributed by atoms with van der Waals surface area (Å²) in [6.07, 6.45) is 0. The number of nitrogens with zero attached hydrogens (tertiary/aromatic N) is 2. The Morgan fingerprint density at radius 2 is 2.22 bits per heavy atom. The zero-order valence-corrected chi connectivity index (χ0v) is 14.4. The van der Waals surface area contributed by atoms with Crippen molar-refractivity contribution >= 4 is 22.9 Å². The van der Waals surface area contributed by atoms with Crippen LogP contribution in [0.4, 0.5) is 5.69 Å². The van der Waals surface area contributed by atoms with Crippen LogP contribution in [-0.2, 0) is 11.3 Å². The zero-order valence-electron chi connectivity index (χ0n) is 13.5. The van der Waals surface area contributed by atoms with E-state index >= 15 is 0 Å². The van der Waals surface area contributed by atoms with E-state index in [2.05, 4.69) is 5.32 Å². The Morgan fingerprint density at radius 3 is 2.87 bits per heavy atom. The fourth-order valence-corrected chi connectivity index (χ4v) is 2.93. The first kappa shape index (κ1) is 17.2. The molecule has 2 rings (SSSR count). The second kappa shape index (κ2) is 7.94. The van der Waals surface area contributed by atoms with Crippen LogP contribution in [0.1, 0.15) is 5.69 Å². The summed E-state index contributed by atoms with van der Waals surface area (Å²) in [5, 5.41) is 4.68. The van der Waals surface area contributed by atoms with E-state index in [0.29, 0.717) is 24.5 Å². The standard InChI is InChI=1S/C16H21N3O3S/c1-12-11-23-16(21)19(12)8-7-18(2)10-15(20)17-13-5-4-6-14(9-13)22-3/h4-6,9,11H,7-8,10H2,1-3H3,(H,17,20). The number of nitrogens with one attached hydrogen (secondary N) is 1. The molecule has 1 amide bonds. The van der Waals surface area contributed by atoms with Gasteiger partial charge in [-0.15, -0.1) is 0 Å². The number of anilines is 1. The highest BCUT2D eigenvalue weighted by Gasteiger charge is 2.09. The van der Waals surface area contributed by atoms with Crippen molar-refractivity contribution in [3.63, 3.8) is 0 Å². The van der Waals surface area contributed by atoms with E-state index in [1.807, 2.05) is 42.5 Å². The molecule has 0 spiro atoms. The lowest BCUT2D eigenvalue weighted by Crippen LogP contribution is -2.33. The van der Waals surface area contributed by atoms with Crippen molar-refractivity contribution in [3.05, 3.63) is 45.0 Å². The first-order valence-electron chi connectivity index (χ1n) is 7.27. The molecule has 0 aliphatic rings. The number of hydrogen-bond acceptors (Lipinski definition) is 5. The van der Waals surface area contributed by atoms with E-state index < -0.39 is 0 Å². The molecule has 0 aliphatic carbocycles. The van der Waals surface area contributed by atoms with Gasteiger partial charge in [-0.2, -0.15) is 0 Å². The highest BCUT2D eigenvalue weighted by atomic mass is 32.1. The summed E-state index contributed by atoms with van der Waals surface area (Å²) in [5.41, 5.74) is 1.65. The highest BCUT2D eigenvalue weighted by molar-refractivity contribution is 7.07. The number of likely N-dealkylation sites (N-methyl/N-ethyl adjacent to an activating group) is 1. The summed E-state index contributed by atoms with van der Waals surface area (Å²) in [6, 6.07) is 7.23. The third-order valence-electron chi connectivity index (χ3n) is 3.45. The Balaban J connectivity index is 1.83. The van der Waals surface area contributed by atoms with Crippen molar-refractivity contribution in [2.24, 2.45) is 0 Å². The van der Waals surface area contributed by atoms with Gasteiger partial charge in [-0.25, -0.2) is 0 Å². The van der Waals surface area contributed by atoms with E-state index in [4.69, 9.17) is 4.74 Å². The Bertz CT molecular complexity index is 723. The average molecular weight is 335 g/mol. The molecule has 0 radical (unpaired) electrons.